The van der Waals surface area contributed by atoms with Crippen LogP contribution >= 0.6 is 0 Å². The monoisotopic (exact) mass is 312 g/mol. The van der Waals surface area contributed by atoms with Crippen LogP contribution in [0.4, 0.5) is 0 Å². The third-order valence-electron chi connectivity index (χ3n) is 5.21. The highest BCUT2D eigenvalue weighted by atomic mass is 15.3. The minimum Gasteiger partial charge on any atom is -0.327 e. The van der Waals surface area contributed by atoms with E-state index in [1.807, 2.05) is 6.07 Å². The second-order valence-electron chi connectivity index (χ2n) is 7.49. The Hall–Kier alpha value is -1.65. The van der Waals surface area contributed by atoms with Gasteiger partial charge in [-0.2, -0.15) is 5.10 Å². The molecule has 23 heavy (non-hydrogen) atoms. The number of aryl methyl sites for hydroxylation is 1. The summed E-state index contributed by atoms with van der Waals surface area (Å²) < 4.78 is 2.06. The topological polar surface area (TPSA) is 47.1 Å². The van der Waals surface area contributed by atoms with E-state index >= 15 is 0 Å². The van der Waals surface area contributed by atoms with Crippen LogP contribution in [0, 0.1) is 19.3 Å². The SMILES string of the molecule is Cc1nn(-c2ccccc2)c(C)c1CN1CCC(N)C(C)(C)C1. The highest BCUT2D eigenvalue weighted by Gasteiger charge is 2.33. The summed E-state index contributed by atoms with van der Waals surface area (Å²) in [5.74, 6) is 0. The number of piperidine rings is 1. The normalized spacial score (nSPS) is 21.5. The zero-order valence-corrected chi connectivity index (χ0v) is 14.7. The number of para-hydroxylation sites is 1. The molecule has 1 saturated heterocycles. The largest absolute Gasteiger partial charge is 0.327 e. The molecule has 0 spiro atoms. The Kier molecular flexibility index (Phi) is 4.30. The fourth-order valence-corrected chi connectivity index (χ4v) is 3.57. The Morgan fingerprint density at radius 1 is 1.22 bits per heavy atom. The third kappa shape index (κ3) is 3.19. The minimum absolute atomic E-state index is 0.176. The first-order valence-electron chi connectivity index (χ1n) is 8.47. The van der Waals surface area contributed by atoms with Gasteiger partial charge in [0.15, 0.2) is 0 Å². The van der Waals surface area contributed by atoms with Gasteiger partial charge < -0.3 is 5.73 Å². The van der Waals surface area contributed by atoms with Gasteiger partial charge in [0, 0.05) is 36.9 Å². The lowest BCUT2D eigenvalue weighted by Crippen LogP contribution is -2.52. The summed E-state index contributed by atoms with van der Waals surface area (Å²) in [6.45, 7) is 11.9. The molecule has 0 amide bonds. The molecule has 1 aromatic carbocycles. The second-order valence-corrected chi connectivity index (χ2v) is 7.49. The number of nitrogens with zero attached hydrogens (tertiary/aromatic N) is 3. The molecule has 1 fully saturated rings. The molecule has 0 radical (unpaired) electrons. The summed E-state index contributed by atoms with van der Waals surface area (Å²) in [6.07, 6.45) is 1.07. The molecule has 0 saturated carbocycles. The fraction of sp³-hybridized carbons (Fsp3) is 0.526. The molecular weight excluding hydrogens is 284 g/mol. The van der Waals surface area contributed by atoms with Crippen LogP contribution in [0.1, 0.15) is 37.2 Å². The van der Waals surface area contributed by atoms with Gasteiger partial charge in [0.05, 0.1) is 11.4 Å². The van der Waals surface area contributed by atoms with Crippen LogP contribution < -0.4 is 5.73 Å². The van der Waals surface area contributed by atoms with Crippen molar-refractivity contribution in [2.24, 2.45) is 11.1 Å². The van der Waals surface area contributed by atoms with Crippen LogP contribution in [0.5, 0.6) is 0 Å². The molecule has 124 valence electrons. The molecule has 0 bridgehead atoms. The van der Waals surface area contributed by atoms with Crippen LogP contribution in [-0.2, 0) is 6.54 Å². The molecule has 2 aromatic rings. The summed E-state index contributed by atoms with van der Waals surface area (Å²) in [4.78, 5) is 2.52. The summed E-state index contributed by atoms with van der Waals surface area (Å²) >= 11 is 0. The van der Waals surface area contributed by atoms with E-state index in [0.717, 1.165) is 37.4 Å². The maximum absolute atomic E-state index is 6.26. The maximum atomic E-state index is 6.26. The van der Waals surface area contributed by atoms with Crippen molar-refractivity contribution < 1.29 is 0 Å². The van der Waals surface area contributed by atoms with E-state index in [4.69, 9.17) is 10.8 Å². The molecule has 3 rings (SSSR count). The number of nitrogens with two attached hydrogens (primary N) is 1. The van der Waals surface area contributed by atoms with Crippen molar-refractivity contribution in [3.05, 3.63) is 47.3 Å². The van der Waals surface area contributed by atoms with E-state index < -0.39 is 0 Å². The quantitative estimate of drug-likeness (QED) is 0.947. The van der Waals surface area contributed by atoms with E-state index in [9.17, 15) is 0 Å². The molecule has 1 aromatic heterocycles. The van der Waals surface area contributed by atoms with Gasteiger partial charge in [-0.15, -0.1) is 0 Å². The zero-order valence-electron chi connectivity index (χ0n) is 14.7. The van der Waals surface area contributed by atoms with Gasteiger partial charge in [0.2, 0.25) is 0 Å². The van der Waals surface area contributed by atoms with Gasteiger partial charge in [0.25, 0.3) is 0 Å². The smallest absolute Gasteiger partial charge is 0.0648 e. The van der Waals surface area contributed by atoms with Crippen molar-refractivity contribution in [2.45, 2.75) is 46.7 Å². The zero-order chi connectivity index (χ0) is 16.6. The first-order chi connectivity index (χ1) is 10.9. The van der Waals surface area contributed by atoms with Crippen molar-refractivity contribution in [3.63, 3.8) is 0 Å². The molecule has 0 aliphatic carbocycles. The molecule has 4 nitrogen and oxygen atoms in total. The molecule has 2 N–H and O–H groups in total. The maximum Gasteiger partial charge on any atom is 0.0648 e. The number of aromatic nitrogens is 2. The van der Waals surface area contributed by atoms with Crippen molar-refractivity contribution in [1.82, 2.24) is 14.7 Å². The predicted molar refractivity (Wildman–Crippen MR) is 94.7 cm³/mol. The van der Waals surface area contributed by atoms with Gasteiger partial charge in [-0.1, -0.05) is 32.0 Å². The first kappa shape index (κ1) is 16.2. The van der Waals surface area contributed by atoms with E-state index in [1.54, 1.807) is 0 Å². The lowest BCUT2D eigenvalue weighted by molar-refractivity contribution is 0.0896. The van der Waals surface area contributed by atoms with Crippen molar-refractivity contribution in [3.8, 4) is 5.69 Å². The molecule has 2 heterocycles. The van der Waals surface area contributed by atoms with Crippen molar-refractivity contribution >= 4 is 0 Å². The molecule has 1 aliphatic rings. The highest BCUT2D eigenvalue weighted by molar-refractivity contribution is 5.36. The van der Waals surface area contributed by atoms with Crippen LogP contribution in [0.2, 0.25) is 0 Å². The second kappa shape index (κ2) is 6.10. The molecule has 1 aliphatic heterocycles. The number of benzene rings is 1. The van der Waals surface area contributed by atoms with Gasteiger partial charge >= 0.3 is 0 Å². The van der Waals surface area contributed by atoms with Gasteiger partial charge in [-0.3, -0.25) is 4.90 Å². The average Bonchev–Trinajstić information content (AvgIpc) is 2.80. The summed E-state index contributed by atoms with van der Waals surface area (Å²) in [7, 11) is 0. The van der Waals surface area contributed by atoms with Crippen molar-refractivity contribution in [2.75, 3.05) is 13.1 Å². The highest BCUT2D eigenvalue weighted by Crippen LogP contribution is 2.29. The predicted octanol–water partition coefficient (Wildman–Crippen LogP) is 3.05. The van der Waals surface area contributed by atoms with E-state index in [2.05, 4.69) is 61.5 Å². The van der Waals surface area contributed by atoms with Crippen LogP contribution in [0.25, 0.3) is 5.69 Å². The van der Waals surface area contributed by atoms with E-state index in [-0.39, 0.29) is 5.41 Å². The summed E-state index contributed by atoms with van der Waals surface area (Å²) in [6, 6.07) is 10.7. The van der Waals surface area contributed by atoms with Gasteiger partial charge in [-0.05, 0) is 37.8 Å². The van der Waals surface area contributed by atoms with Gasteiger partial charge in [0.1, 0.15) is 0 Å². The molecule has 4 heteroatoms. The summed E-state index contributed by atoms with van der Waals surface area (Å²) in [5, 5.41) is 4.76. The average molecular weight is 312 g/mol. The Balaban J connectivity index is 1.83. The third-order valence-corrected chi connectivity index (χ3v) is 5.21. The lowest BCUT2D eigenvalue weighted by atomic mass is 9.79. The standard InChI is InChI=1S/C19H28N4/c1-14-17(12-22-11-10-18(20)19(3,4)13-22)15(2)23(21-14)16-8-6-5-7-9-16/h5-9,18H,10-13,20H2,1-4H3. The Labute approximate surface area is 139 Å². The van der Waals surface area contributed by atoms with Crippen LogP contribution in [-0.4, -0.2) is 33.8 Å². The van der Waals surface area contributed by atoms with Crippen molar-refractivity contribution in [1.29, 1.82) is 0 Å². The number of likely N-dealkylation sites (tertiary alicyclic amines) is 1. The number of rotatable bonds is 3. The Morgan fingerprint density at radius 3 is 2.57 bits per heavy atom. The Bertz CT molecular complexity index is 672. The summed E-state index contributed by atoms with van der Waals surface area (Å²) in [5.41, 5.74) is 11.3. The molecule has 1 unspecified atom stereocenters. The first-order valence-corrected chi connectivity index (χ1v) is 8.47. The minimum atomic E-state index is 0.176. The van der Waals surface area contributed by atoms with E-state index in [1.165, 1.54) is 11.3 Å². The number of hydrogen-bond acceptors (Lipinski definition) is 3. The Morgan fingerprint density at radius 2 is 1.91 bits per heavy atom. The van der Waals surface area contributed by atoms with Crippen LogP contribution in [0.15, 0.2) is 30.3 Å². The molecule has 1 atom stereocenters. The lowest BCUT2D eigenvalue weighted by Gasteiger charge is -2.42. The number of hydrogen-bond donors (Lipinski definition) is 1. The fourth-order valence-electron chi connectivity index (χ4n) is 3.57. The van der Waals surface area contributed by atoms with Crippen LogP contribution in [0.3, 0.4) is 0 Å². The van der Waals surface area contributed by atoms with Gasteiger partial charge in [-0.25, -0.2) is 4.68 Å². The molecular formula is C19H28N4. The van der Waals surface area contributed by atoms with E-state index in [0.29, 0.717) is 6.04 Å².